The largest absolute Gasteiger partial charge is 0.491 e. The number of carbonyl (C=O) groups excluding carboxylic acids is 1. The number of benzene rings is 4. The van der Waals surface area contributed by atoms with Crippen LogP contribution in [0.1, 0.15) is 28.9 Å². The summed E-state index contributed by atoms with van der Waals surface area (Å²) in [6.45, 7) is 5.19. The zero-order valence-electron chi connectivity index (χ0n) is 30.2. The van der Waals surface area contributed by atoms with E-state index in [0.717, 1.165) is 48.1 Å². The highest BCUT2D eigenvalue weighted by atomic mass is 79.9. The third-order valence-corrected chi connectivity index (χ3v) is 10.5. The predicted molar refractivity (Wildman–Crippen MR) is 206 cm³/mol. The minimum absolute atomic E-state index is 0.0192. The highest BCUT2D eigenvalue weighted by Gasteiger charge is 2.46. The van der Waals surface area contributed by atoms with E-state index in [0.29, 0.717) is 17.0 Å². The number of piperazine rings is 1. The molecule has 0 bridgehead atoms. The molecule has 0 radical (unpaired) electrons. The number of anilines is 2. The molecule has 8 rings (SSSR count). The maximum Gasteiger partial charge on any atom is 0.351 e. The molecule has 6 aromatic rings. The Morgan fingerprint density at radius 2 is 1.55 bits per heavy atom. The Kier molecular flexibility index (Phi) is 10.5. The number of nitrogens with zero attached hydrogens (tertiary/aromatic N) is 8. The summed E-state index contributed by atoms with van der Waals surface area (Å²) in [6, 6.07) is 25.1. The zero-order valence-corrected chi connectivity index (χ0v) is 31.8. The van der Waals surface area contributed by atoms with E-state index in [2.05, 4.69) is 40.9 Å². The van der Waals surface area contributed by atoms with Gasteiger partial charge in [-0.1, -0.05) is 28.1 Å². The normalized spacial score (nSPS) is 19.0. The molecule has 4 aromatic carbocycles. The Hall–Kier alpha value is -5.71. The van der Waals surface area contributed by atoms with Gasteiger partial charge in [-0.05, 0) is 79.7 Å². The van der Waals surface area contributed by atoms with Crippen LogP contribution in [-0.2, 0) is 21.8 Å². The van der Waals surface area contributed by atoms with Gasteiger partial charge in [-0.2, -0.15) is 10.2 Å². The van der Waals surface area contributed by atoms with Crippen LogP contribution in [0.3, 0.4) is 0 Å². The highest BCUT2D eigenvalue weighted by Crippen LogP contribution is 2.38. The molecule has 2 aromatic heterocycles. The predicted octanol–water partition coefficient (Wildman–Crippen LogP) is 5.78. The first-order valence-corrected chi connectivity index (χ1v) is 18.8. The highest BCUT2D eigenvalue weighted by molar-refractivity contribution is 9.10. The minimum Gasteiger partial charge on any atom is -0.491 e. The van der Waals surface area contributed by atoms with Gasteiger partial charge < -0.3 is 24.0 Å². The Labute approximate surface area is 328 Å². The van der Waals surface area contributed by atoms with Gasteiger partial charge in [-0.15, -0.1) is 0 Å². The average Bonchev–Trinajstić information content (AvgIpc) is 3.98. The summed E-state index contributed by atoms with van der Waals surface area (Å²) in [4.78, 5) is 34.8. The van der Waals surface area contributed by atoms with Crippen LogP contribution in [0.5, 0.6) is 5.75 Å². The Balaban J connectivity index is 0.840. The third kappa shape index (κ3) is 7.72. The quantitative estimate of drug-likeness (QED) is 0.140. The molecule has 2 fully saturated rings. The van der Waals surface area contributed by atoms with Crippen molar-refractivity contribution in [3.63, 3.8) is 0 Å². The van der Waals surface area contributed by atoms with Gasteiger partial charge in [0.2, 0.25) is 5.79 Å². The minimum atomic E-state index is -1.53. The summed E-state index contributed by atoms with van der Waals surface area (Å²) in [7, 11) is 0. The van der Waals surface area contributed by atoms with Crippen LogP contribution in [0.2, 0.25) is 0 Å². The van der Waals surface area contributed by atoms with Crippen molar-refractivity contribution in [2.24, 2.45) is 0 Å². The lowest BCUT2D eigenvalue weighted by Gasteiger charge is -2.37. The first-order chi connectivity index (χ1) is 27.2. The zero-order chi connectivity index (χ0) is 38.8. The second-order valence-electron chi connectivity index (χ2n) is 13.6. The van der Waals surface area contributed by atoms with Crippen molar-refractivity contribution in [1.82, 2.24) is 29.1 Å². The second-order valence-corrected chi connectivity index (χ2v) is 14.5. The van der Waals surface area contributed by atoms with Crippen molar-refractivity contribution in [1.29, 1.82) is 0 Å². The smallest absolute Gasteiger partial charge is 0.351 e. The lowest BCUT2D eigenvalue weighted by atomic mass is 10.0. The average molecular weight is 828 g/mol. The number of rotatable bonds is 12. The van der Waals surface area contributed by atoms with E-state index >= 15 is 0 Å². The number of hydrogen-bond acceptors (Lipinski definition) is 10. The molecular weight excluding hydrogens is 790 g/mol. The first kappa shape index (κ1) is 37.2. The number of halogens is 3. The SMILES string of the molecule is CC(C(=O)c1ccc(Br)cc1)n1ncn(-c2ccc(N3CCN(c4ccc(OCC5COC(Cn6cncn6)(c6ccc(F)cc6F)O5)cc4)CC3)cc2)c1=O. The Morgan fingerprint density at radius 1 is 0.893 bits per heavy atom. The lowest BCUT2D eigenvalue weighted by Crippen LogP contribution is -2.46. The van der Waals surface area contributed by atoms with Crippen molar-refractivity contribution in [3.8, 4) is 11.4 Å². The molecular formula is C40H37BrF2N8O5. The summed E-state index contributed by atoms with van der Waals surface area (Å²) in [5.74, 6) is -2.55. The van der Waals surface area contributed by atoms with Gasteiger partial charge in [0.05, 0.1) is 12.3 Å². The molecule has 2 aliphatic heterocycles. The first-order valence-electron chi connectivity index (χ1n) is 18.0. The fourth-order valence-corrected chi connectivity index (χ4v) is 7.26. The molecule has 3 atom stereocenters. The van der Waals surface area contributed by atoms with Crippen LogP contribution in [0.15, 0.2) is 119 Å². The van der Waals surface area contributed by atoms with E-state index in [-0.39, 0.29) is 36.8 Å². The van der Waals surface area contributed by atoms with E-state index in [9.17, 15) is 18.4 Å². The summed E-state index contributed by atoms with van der Waals surface area (Å²) >= 11 is 3.38. The van der Waals surface area contributed by atoms with Crippen LogP contribution >= 0.6 is 15.9 Å². The molecule has 0 saturated carbocycles. The fourth-order valence-electron chi connectivity index (χ4n) is 7.00. The van der Waals surface area contributed by atoms with Crippen molar-refractivity contribution in [2.75, 3.05) is 49.2 Å². The molecule has 2 saturated heterocycles. The molecule has 288 valence electrons. The standard InChI is InChI=1S/C40H37BrF2N8O5/c1-27(38(52)28-2-4-29(41)5-3-28)51-39(53)50(26-46-51)33-9-7-31(8-10-33)47-16-18-48(19-17-47)32-11-13-34(14-12-32)54-21-35-22-55-40(56-35,23-49-25-44-24-45-49)36-15-6-30(42)20-37(36)43/h2-15,20,24-27,35H,16-19,21-23H2,1H3. The number of ketones is 1. The molecule has 0 aliphatic carbocycles. The van der Waals surface area contributed by atoms with Gasteiger partial charge in [0.1, 0.15) is 61.7 Å². The van der Waals surface area contributed by atoms with Crippen molar-refractivity contribution in [3.05, 3.63) is 148 Å². The van der Waals surface area contributed by atoms with Gasteiger partial charge in [0.25, 0.3) is 0 Å². The van der Waals surface area contributed by atoms with Crippen LogP contribution in [0, 0.1) is 11.6 Å². The maximum absolute atomic E-state index is 14.9. The van der Waals surface area contributed by atoms with Gasteiger partial charge in [0, 0.05) is 59.2 Å². The van der Waals surface area contributed by atoms with E-state index in [1.165, 1.54) is 45.0 Å². The fraction of sp³-hybridized carbons (Fsp3) is 0.275. The molecule has 2 aliphatic rings. The third-order valence-electron chi connectivity index (χ3n) is 10.0. The number of hydrogen-bond donors (Lipinski definition) is 0. The number of Topliss-reactive ketones (excluding diaryl/α,β-unsaturated/α-hetero) is 1. The summed E-state index contributed by atoms with van der Waals surface area (Å²) < 4.78 is 51.9. The molecule has 3 unspecified atom stereocenters. The molecule has 4 heterocycles. The molecule has 0 amide bonds. The van der Waals surface area contributed by atoms with Gasteiger partial charge in [0.15, 0.2) is 5.78 Å². The van der Waals surface area contributed by atoms with E-state index in [4.69, 9.17) is 14.2 Å². The summed E-state index contributed by atoms with van der Waals surface area (Å²) in [6.07, 6.45) is 3.75. The van der Waals surface area contributed by atoms with Crippen LogP contribution in [0.25, 0.3) is 5.69 Å². The number of ether oxygens (including phenoxy) is 3. The van der Waals surface area contributed by atoms with Crippen molar-refractivity contribution < 1.29 is 27.8 Å². The summed E-state index contributed by atoms with van der Waals surface area (Å²) in [5, 5.41) is 8.35. The maximum atomic E-state index is 14.9. The van der Waals surface area contributed by atoms with Gasteiger partial charge in [-0.3, -0.25) is 4.79 Å². The molecule has 13 nitrogen and oxygen atoms in total. The molecule has 0 N–H and O–H groups in total. The Morgan fingerprint density at radius 3 is 2.20 bits per heavy atom. The Bertz CT molecular complexity index is 2350. The molecule has 56 heavy (non-hydrogen) atoms. The monoisotopic (exact) mass is 826 g/mol. The van der Waals surface area contributed by atoms with E-state index < -0.39 is 29.6 Å². The van der Waals surface area contributed by atoms with E-state index in [1.807, 2.05) is 48.5 Å². The van der Waals surface area contributed by atoms with Crippen LogP contribution < -0.4 is 20.2 Å². The molecule has 16 heteroatoms. The topological polar surface area (TPSA) is 122 Å². The van der Waals surface area contributed by atoms with Crippen LogP contribution in [0.4, 0.5) is 20.2 Å². The van der Waals surface area contributed by atoms with Gasteiger partial charge >= 0.3 is 5.69 Å². The van der Waals surface area contributed by atoms with E-state index in [1.54, 1.807) is 31.2 Å². The number of carbonyl (C=O) groups is 1. The number of aromatic nitrogens is 6. The second kappa shape index (κ2) is 15.8. The molecule has 0 spiro atoms. The van der Waals surface area contributed by atoms with Crippen LogP contribution in [-0.4, -0.2) is 80.4 Å². The summed E-state index contributed by atoms with van der Waals surface area (Å²) in [5.41, 5.74) is 2.96. The van der Waals surface area contributed by atoms with Crippen molar-refractivity contribution >= 4 is 33.1 Å². The van der Waals surface area contributed by atoms with Crippen molar-refractivity contribution in [2.45, 2.75) is 31.4 Å². The van der Waals surface area contributed by atoms with Gasteiger partial charge in [-0.25, -0.2) is 32.5 Å². The lowest BCUT2D eigenvalue weighted by molar-refractivity contribution is -0.192.